The number of sulfone groups is 1. The second-order valence-electron chi connectivity index (χ2n) is 5.56. The summed E-state index contributed by atoms with van der Waals surface area (Å²) in [5, 5.41) is 3.20. The number of hydrogen-bond acceptors (Lipinski definition) is 4. The predicted octanol–water partition coefficient (Wildman–Crippen LogP) is 2.85. The normalized spacial score (nSPS) is 15.8. The van der Waals surface area contributed by atoms with Crippen LogP contribution in [0.4, 0.5) is 0 Å². The van der Waals surface area contributed by atoms with Crippen molar-refractivity contribution >= 4 is 21.6 Å². The highest BCUT2D eigenvalue weighted by Crippen LogP contribution is 2.21. The molecule has 2 rings (SSSR count). The maximum atomic E-state index is 11.7. The Morgan fingerprint density at radius 3 is 2.45 bits per heavy atom. The third kappa shape index (κ3) is 5.11. The van der Waals surface area contributed by atoms with Crippen LogP contribution in [0.1, 0.15) is 32.3 Å². The van der Waals surface area contributed by atoms with Crippen LogP contribution in [0.2, 0.25) is 0 Å². The Labute approximate surface area is 126 Å². The van der Waals surface area contributed by atoms with E-state index < -0.39 is 9.84 Å². The van der Waals surface area contributed by atoms with Crippen molar-refractivity contribution in [2.45, 2.75) is 49.4 Å². The first-order chi connectivity index (χ1) is 9.47. The molecule has 0 bridgehead atoms. The van der Waals surface area contributed by atoms with Crippen molar-refractivity contribution in [1.82, 2.24) is 5.32 Å². The van der Waals surface area contributed by atoms with Crippen molar-refractivity contribution in [3.63, 3.8) is 0 Å². The molecule has 0 saturated heterocycles. The van der Waals surface area contributed by atoms with Gasteiger partial charge in [0.25, 0.3) is 0 Å². The lowest BCUT2D eigenvalue weighted by molar-refractivity contribution is 0.589. The van der Waals surface area contributed by atoms with Crippen LogP contribution in [0, 0.1) is 0 Å². The van der Waals surface area contributed by atoms with Crippen LogP contribution in [-0.4, -0.2) is 31.2 Å². The van der Waals surface area contributed by atoms with Gasteiger partial charge in [-0.2, -0.15) is 0 Å². The molecule has 0 aromatic heterocycles. The lowest BCUT2D eigenvalue weighted by Crippen LogP contribution is -2.18. The van der Waals surface area contributed by atoms with Gasteiger partial charge in [-0.1, -0.05) is 12.1 Å². The molecule has 5 heteroatoms. The number of thioether (sulfide) groups is 1. The summed E-state index contributed by atoms with van der Waals surface area (Å²) >= 11 is 1.61. The summed E-state index contributed by atoms with van der Waals surface area (Å²) in [6.07, 6.45) is 2.61. The molecule has 3 nitrogen and oxygen atoms in total. The summed E-state index contributed by atoms with van der Waals surface area (Å²) in [6, 6.07) is 9.13. The van der Waals surface area contributed by atoms with E-state index in [-0.39, 0.29) is 11.0 Å². The van der Waals surface area contributed by atoms with Crippen molar-refractivity contribution in [3.8, 4) is 0 Å². The van der Waals surface area contributed by atoms with Crippen molar-refractivity contribution in [1.29, 1.82) is 0 Å². The maximum Gasteiger partial charge on any atom is 0.153 e. The second kappa shape index (κ2) is 6.96. The van der Waals surface area contributed by atoms with Crippen LogP contribution < -0.4 is 5.32 Å². The molecule has 1 saturated carbocycles. The Hall–Kier alpha value is -0.520. The zero-order valence-corrected chi connectivity index (χ0v) is 13.8. The average molecular weight is 313 g/mol. The van der Waals surface area contributed by atoms with Gasteiger partial charge in [-0.3, -0.25) is 0 Å². The standard InChI is InChI=1S/C15H23NO2S2/c1-12(2)20(17,18)10-9-19-15-7-3-13(4-8-15)11-16-14-5-6-14/h3-4,7-8,12,14,16H,5-6,9-11H2,1-2H3. The van der Waals surface area contributed by atoms with Gasteiger partial charge in [0.1, 0.15) is 0 Å². The lowest BCUT2D eigenvalue weighted by Gasteiger charge is -2.08. The molecule has 112 valence electrons. The topological polar surface area (TPSA) is 46.2 Å². The van der Waals surface area contributed by atoms with E-state index in [9.17, 15) is 8.42 Å². The maximum absolute atomic E-state index is 11.7. The molecule has 0 amide bonds. The van der Waals surface area contributed by atoms with Gasteiger partial charge in [0.2, 0.25) is 0 Å². The number of hydrogen-bond donors (Lipinski definition) is 1. The van der Waals surface area contributed by atoms with E-state index >= 15 is 0 Å². The fraction of sp³-hybridized carbons (Fsp3) is 0.600. The van der Waals surface area contributed by atoms with E-state index in [0.717, 1.165) is 17.5 Å². The number of benzene rings is 1. The van der Waals surface area contributed by atoms with Crippen molar-refractivity contribution < 1.29 is 8.42 Å². The minimum absolute atomic E-state index is 0.250. The second-order valence-corrected chi connectivity index (χ2v) is 9.41. The zero-order valence-electron chi connectivity index (χ0n) is 12.1. The van der Waals surface area contributed by atoms with Crippen LogP contribution in [0.25, 0.3) is 0 Å². The molecular formula is C15H23NO2S2. The molecular weight excluding hydrogens is 290 g/mol. The molecule has 0 unspecified atom stereocenters. The first kappa shape index (κ1) is 15.9. The van der Waals surface area contributed by atoms with E-state index in [1.165, 1.54) is 18.4 Å². The first-order valence-corrected chi connectivity index (χ1v) is 9.84. The Morgan fingerprint density at radius 1 is 1.25 bits per heavy atom. The molecule has 1 aromatic rings. The fourth-order valence-corrected chi connectivity index (χ4v) is 4.06. The quantitative estimate of drug-likeness (QED) is 0.750. The molecule has 1 aromatic carbocycles. The van der Waals surface area contributed by atoms with Gasteiger partial charge in [0.15, 0.2) is 9.84 Å². The van der Waals surface area contributed by atoms with Gasteiger partial charge in [-0.25, -0.2) is 8.42 Å². The summed E-state index contributed by atoms with van der Waals surface area (Å²) in [5.41, 5.74) is 1.29. The summed E-state index contributed by atoms with van der Waals surface area (Å²) in [6.45, 7) is 4.40. The highest BCUT2D eigenvalue weighted by Gasteiger charge is 2.19. The highest BCUT2D eigenvalue weighted by molar-refractivity contribution is 8.00. The Morgan fingerprint density at radius 2 is 1.90 bits per heavy atom. The lowest BCUT2D eigenvalue weighted by atomic mass is 10.2. The molecule has 0 aliphatic heterocycles. The van der Waals surface area contributed by atoms with Gasteiger partial charge < -0.3 is 5.32 Å². The predicted molar refractivity (Wildman–Crippen MR) is 86.0 cm³/mol. The molecule has 1 fully saturated rings. The van der Waals surface area contributed by atoms with Gasteiger partial charge in [-0.15, -0.1) is 11.8 Å². The van der Waals surface area contributed by atoms with Gasteiger partial charge >= 0.3 is 0 Å². The molecule has 0 radical (unpaired) electrons. The Balaban J connectivity index is 1.75. The largest absolute Gasteiger partial charge is 0.310 e. The first-order valence-electron chi connectivity index (χ1n) is 7.14. The molecule has 0 spiro atoms. The van der Waals surface area contributed by atoms with Crippen molar-refractivity contribution in [3.05, 3.63) is 29.8 Å². The monoisotopic (exact) mass is 313 g/mol. The summed E-state index contributed by atoms with van der Waals surface area (Å²) in [7, 11) is -2.92. The van der Waals surface area contributed by atoms with Crippen molar-refractivity contribution in [2.24, 2.45) is 0 Å². The van der Waals surface area contributed by atoms with Gasteiger partial charge in [0.05, 0.1) is 11.0 Å². The third-order valence-electron chi connectivity index (χ3n) is 3.45. The molecule has 0 atom stereocenters. The van der Waals surface area contributed by atoms with E-state index in [4.69, 9.17) is 0 Å². The zero-order chi connectivity index (χ0) is 14.6. The number of nitrogens with one attached hydrogen (secondary N) is 1. The SMILES string of the molecule is CC(C)S(=O)(=O)CCSc1ccc(CNC2CC2)cc1. The minimum Gasteiger partial charge on any atom is -0.310 e. The van der Waals surface area contributed by atoms with E-state index in [1.54, 1.807) is 25.6 Å². The molecule has 0 heterocycles. The molecule has 1 N–H and O–H groups in total. The minimum atomic E-state index is -2.92. The van der Waals surface area contributed by atoms with Gasteiger partial charge in [0, 0.05) is 23.2 Å². The van der Waals surface area contributed by atoms with E-state index in [1.807, 2.05) is 0 Å². The van der Waals surface area contributed by atoms with Crippen molar-refractivity contribution in [2.75, 3.05) is 11.5 Å². The van der Waals surface area contributed by atoms with Crippen LogP contribution in [0.15, 0.2) is 29.2 Å². The summed E-state index contributed by atoms with van der Waals surface area (Å²) in [4.78, 5) is 1.14. The summed E-state index contributed by atoms with van der Waals surface area (Å²) < 4.78 is 23.4. The highest BCUT2D eigenvalue weighted by atomic mass is 32.2. The van der Waals surface area contributed by atoms with Crippen LogP contribution in [0.3, 0.4) is 0 Å². The average Bonchev–Trinajstić information content (AvgIpc) is 3.21. The van der Waals surface area contributed by atoms with Crippen LogP contribution in [-0.2, 0) is 16.4 Å². The molecule has 1 aliphatic carbocycles. The van der Waals surface area contributed by atoms with Crippen LogP contribution in [0.5, 0.6) is 0 Å². The Kier molecular flexibility index (Phi) is 5.52. The molecule has 1 aliphatic rings. The smallest absolute Gasteiger partial charge is 0.153 e. The number of rotatable bonds is 8. The molecule has 20 heavy (non-hydrogen) atoms. The third-order valence-corrected chi connectivity index (χ3v) is 6.93. The summed E-state index contributed by atoms with van der Waals surface area (Å²) in [5.74, 6) is 0.876. The fourth-order valence-electron chi connectivity index (χ4n) is 1.76. The van der Waals surface area contributed by atoms with E-state index in [0.29, 0.717) is 5.75 Å². The van der Waals surface area contributed by atoms with Crippen LogP contribution >= 0.6 is 11.8 Å². The Bertz CT molecular complexity index is 519. The van der Waals surface area contributed by atoms with Gasteiger partial charge in [-0.05, 0) is 44.4 Å². The van der Waals surface area contributed by atoms with E-state index in [2.05, 4.69) is 29.6 Å².